The number of hydrogen-bond acceptors (Lipinski definition) is 5. The molecular weight excluding hydrogens is 445 g/mol. The van der Waals surface area contributed by atoms with E-state index in [0.29, 0.717) is 0 Å². The maximum Gasteiger partial charge on any atom is 0.332 e. The van der Waals surface area contributed by atoms with Crippen LogP contribution in [0.5, 0.6) is 0 Å². The number of nitrogens with one attached hydrogen (secondary N) is 2. The molecule has 4 aromatic carbocycles. The second-order valence-electron chi connectivity index (χ2n) is 10.2. The third kappa shape index (κ3) is 3.82. The summed E-state index contributed by atoms with van der Waals surface area (Å²) in [6.45, 7) is 5.54. The smallest absolute Gasteiger partial charge is 0.332 e. The Kier molecular flexibility index (Phi) is 5.49. The highest BCUT2D eigenvalue weighted by Crippen LogP contribution is 2.40. The lowest BCUT2D eigenvalue weighted by molar-refractivity contribution is -0.107. The molecule has 0 saturated carbocycles. The number of rotatable bonds is 2. The summed E-state index contributed by atoms with van der Waals surface area (Å²) in [6.07, 6.45) is -0.507. The van der Waals surface area contributed by atoms with Crippen LogP contribution in [0, 0.1) is 0 Å². The normalized spacial score (nSPS) is 23.5. The Hall–Kier alpha value is -3.45. The number of nitrogens with zero attached hydrogens (tertiary/aromatic N) is 1. The van der Waals surface area contributed by atoms with E-state index < -0.39 is 11.2 Å². The zero-order valence-electron chi connectivity index (χ0n) is 20.7. The number of amidine groups is 1. The van der Waals surface area contributed by atoms with Gasteiger partial charge in [-0.3, -0.25) is 5.32 Å². The number of fused-ring (bicyclic) bond motifs is 7. The Morgan fingerprint density at radius 1 is 0.917 bits per heavy atom. The molecule has 0 amide bonds. The summed E-state index contributed by atoms with van der Waals surface area (Å²) >= 11 is 0. The van der Waals surface area contributed by atoms with E-state index in [1.54, 1.807) is 21.3 Å². The van der Waals surface area contributed by atoms with E-state index in [9.17, 15) is 5.11 Å². The topological polar surface area (TPSA) is 65.9 Å². The second kappa shape index (κ2) is 8.59. The van der Waals surface area contributed by atoms with Crippen molar-refractivity contribution in [2.75, 3.05) is 0 Å². The van der Waals surface area contributed by atoms with Gasteiger partial charge in [0, 0.05) is 5.56 Å². The maximum absolute atomic E-state index is 11.3. The van der Waals surface area contributed by atoms with Gasteiger partial charge in [0.1, 0.15) is 23.8 Å². The first-order valence-corrected chi connectivity index (χ1v) is 12.3. The molecule has 0 saturated heterocycles. The lowest BCUT2D eigenvalue weighted by atomic mass is 9.74. The predicted molar refractivity (Wildman–Crippen MR) is 145 cm³/mol. The molecule has 0 aliphatic carbocycles. The van der Waals surface area contributed by atoms with E-state index in [-0.39, 0.29) is 12.3 Å². The van der Waals surface area contributed by atoms with E-state index in [2.05, 4.69) is 65.2 Å². The summed E-state index contributed by atoms with van der Waals surface area (Å²) in [7, 11) is 1.75. The first kappa shape index (κ1) is 23.0. The number of aliphatic imine (C=N–C) groups is 1. The van der Waals surface area contributed by atoms with Crippen LogP contribution in [0.2, 0.25) is 0 Å². The summed E-state index contributed by atoms with van der Waals surface area (Å²) in [4.78, 5) is 5.12. The quantitative estimate of drug-likeness (QED) is 0.376. The van der Waals surface area contributed by atoms with Crippen LogP contribution in [-0.4, -0.2) is 24.0 Å². The molecule has 36 heavy (non-hydrogen) atoms. The van der Waals surface area contributed by atoms with Crippen molar-refractivity contribution in [3.05, 3.63) is 113 Å². The van der Waals surface area contributed by atoms with E-state index >= 15 is 0 Å². The van der Waals surface area contributed by atoms with Crippen LogP contribution in [0.25, 0.3) is 10.8 Å². The third-order valence-corrected chi connectivity index (χ3v) is 7.54. The number of aliphatic hydroxyl groups is 1. The minimum Gasteiger partial charge on any atom is -0.423 e. The Balaban J connectivity index is 1.55. The molecule has 2 aliphatic heterocycles. The molecule has 1 radical (unpaired) electrons. The van der Waals surface area contributed by atoms with E-state index in [0.717, 1.165) is 33.6 Å². The molecule has 0 spiro atoms. The van der Waals surface area contributed by atoms with Crippen molar-refractivity contribution < 1.29 is 9.76 Å². The van der Waals surface area contributed by atoms with Crippen LogP contribution in [0.4, 0.5) is 0 Å². The molecule has 3 atom stereocenters. The van der Waals surface area contributed by atoms with Crippen LogP contribution in [0.3, 0.4) is 0 Å². The Morgan fingerprint density at radius 2 is 1.64 bits per heavy atom. The van der Waals surface area contributed by atoms with Gasteiger partial charge >= 0.3 is 7.48 Å². The Morgan fingerprint density at radius 3 is 2.47 bits per heavy atom. The molecule has 3 N–H and O–H groups in total. The Bertz CT molecular complexity index is 1480. The van der Waals surface area contributed by atoms with Gasteiger partial charge in [-0.1, -0.05) is 84.9 Å². The molecule has 6 rings (SSSR count). The fourth-order valence-corrected chi connectivity index (χ4v) is 5.12. The van der Waals surface area contributed by atoms with Crippen molar-refractivity contribution in [1.29, 1.82) is 0 Å². The van der Waals surface area contributed by atoms with E-state index in [4.69, 9.17) is 9.65 Å². The Labute approximate surface area is 212 Å². The molecule has 0 aromatic heterocycles. The average Bonchev–Trinajstić information content (AvgIpc) is 2.90. The van der Waals surface area contributed by atoms with Crippen molar-refractivity contribution >= 4 is 29.6 Å². The lowest BCUT2D eigenvalue weighted by Crippen LogP contribution is -2.53. The van der Waals surface area contributed by atoms with Crippen LogP contribution < -0.4 is 16.1 Å². The van der Waals surface area contributed by atoms with Gasteiger partial charge < -0.3 is 15.1 Å². The van der Waals surface area contributed by atoms with Crippen molar-refractivity contribution in [2.24, 2.45) is 4.99 Å². The molecule has 179 valence electrons. The molecule has 2 heterocycles. The van der Waals surface area contributed by atoms with Gasteiger partial charge in [-0.15, -0.1) is 0 Å². The van der Waals surface area contributed by atoms with Gasteiger partial charge in [0.25, 0.3) is 0 Å². The van der Waals surface area contributed by atoms with Crippen LogP contribution in [-0.2, 0) is 10.3 Å². The molecule has 6 heteroatoms. The second-order valence-corrected chi connectivity index (χ2v) is 10.2. The molecule has 4 aromatic rings. The monoisotopic (exact) mass is 474 g/mol. The van der Waals surface area contributed by atoms with Crippen molar-refractivity contribution in [3.63, 3.8) is 0 Å². The van der Waals surface area contributed by atoms with Crippen molar-refractivity contribution in [2.45, 2.75) is 44.3 Å². The number of hydrogen-bond donors (Lipinski definition) is 3. The van der Waals surface area contributed by atoms with Crippen molar-refractivity contribution in [3.8, 4) is 0 Å². The highest BCUT2D eigenvalue weighted by molar-refractivity contribution is 6.49. The standard InChI is InChI=1S/C30H29BN3O2/c1-29(2,35)30(3)24-14-8-6-12-22(24)27-32-26(21-17-16-19-10-4-5-11-20(19)18-21)33-28(34-27)23-13-7-9-15-25(23)31-36-30/h4-18,26-27,32,35H,1-3H3,(H,33,34). The third-order valence-electron chi connectivity index (χ3n) is 7.54. The highest BCUT2D eigenvalue weighted by atomic mass is 16.5. The first-order valence-electron chi connectivity index (χ1n) is 12.3. The van der Waals surface area contributed by atoms with Crippen LogP contribution in [0.1, 0.15) is 55.4 Å². The fraction of sp³-hybridized carbons (Fsp3) is 0.233. The summed E-state index contributed by atoms with van der Waals surface area (Å²) in [5.41, 5.74) is 2.71. The maximum atomic E-state index is 11.3. The minimum atomic E-state index is -1.16. The van der Waals surface area contributed by atoms with Crippen LogP contribution >= 0.6 is 0 Å². The van der Waals surface area contributed by atoms with Gasteiger partial charge in [-0.25, -0.2) is 4.99 Å². The van der Waals surface area contributed by atoms with Gasteiger partial charge in [-0.2, -0.15) is 0 Å². The SMILES string of the molecule is CC(C)(O)C1(C)O[B]c2ccccc2C2=NC(c3ccc4ccccc4c3)NC(N2)c2ccccc21. The minimum absolute atomic E-state index is 0.249. The first-order chi connectivity index (χ1) is 17.3. The summed E-state index contributed by atoms with van der Waals surface area (Å²) in [5, 5.41) is 21.1. The highest BCUT2D eigenvalue weighted by Gasteiger charge is 2.45. The molecule has 0 fully saturated rings. The van der Waals surface area contributed by atoms with Gasteiger partial charge in [0.05, 0.1) is 5.60 Å². The largest absolute Gasteiger partial charge is 0.423 e. The van der Waals surface area contributed by atoms with Crippen molar-refractivity contribution in [1.82, 2.24) is 10.6 Å². The average molecular weight is 474 g/mol. The molecule has 2 aliphatic rings. The van der Waals surface area contributed by atoms with E-state index in [1.165, 1.54) is 10.8 Å². The predicted octanol–water partition coefficient (Wildman–Crippen LogP) is 4.44. The molecule has 5 nitrogen and oxygen atoms in total. The molecular formula is C30H29BN3O2. The molecule has 2 bridgehead atoms. The molecule has 3 unspecified atom stereocenters. The summed E-state index contributed by atoms with van der Waals surface area (Å²) < 4.78 is 6.46. The fourth-order valence-electron chi connectivity index (χ4n) is 5.12. The lowest BCUT2D eigenvalue weighted by Gasteiger charge is -2.44. The summed E-state index contributed by atoms with van der Waals surface area (Å²) in [6, 6.07) is 31.1. The van der Waals surface area contributed by atoms with Gasteiger partial charge in [0.15, 0.2) is 0 Å². The van der Waals surface area contributed by atoms with Gasteiger partial charge in [0.2, 0.25) is 0 Å². The van der Waals surface area contributed by atoms with E-state index in [1.807, 2.05) is 43.3 Å². The zero-order chi connectivity index (χ0) is 24.9. The number of benzene rings is 4. The van der Waals surface area contributed by atoms with Gasteiger partial charge in [-0.05, 0) is 59.8 Å². The van der Waals surface area contributed by atoms with Crippen LogP contribution in [0.15, 0.2) is 96.0 Å². The summed E-state index contributed by atoms with van der Waals surface area (Å²) in [5.74, 6) is 0.800. The zero-order valence-corrected chi connectivity index (χ0v) is 20.7.